The third kappa shape index (κ3) is 4.85. The van der Waals surface area contributed by atoms with E-state index in [9.17, 15) is 10.5 Å². The van der Waals surface area contributed by atoms with Gasteiger partial charge in [-0.3, -0.25) is 4.57 Å². The predicted octanol–water partition coefficient (Wildman–Crippen LogP) is 12.9. The summed E-state index contributed by atoms with van der Waals surface area (Å²) in [6.07, 6.45) is 0. The van der Waals surface area contributed by atoms with E-state index in [1.165, 1.54) is 0 Å². The van der Waals surface area contributed by atoms with Crippen molar-refractivity contribution in [2.45, 2.75) is 0 Å². The average molecular weight is 794 g/mol. The number of aromatic nitrogens is 5. The van der Waals surface area contributed by atoms with Crippen LogP contribution in [-0.2, 0) is 0 Å². The monoisotopic (exact) mass is 793 g/mol. The topological polar surface area (TPSA) is 122 Å². The average Bonchev–Trinajstić information content (AvgIpc) is 4.08. The van der Waals surface area contributed by atoms with E-state index in [0.717, 1.165) is 82.0 Å². The fraction of sp³-hybridized carbons (Fsp3) is 0. The number of furan rings is 2. The predicted molar refractivity (Wildman–Crippen MR) is 243 cm³/mol. The third-order valence-corrected chi connectivity index (χ3v) is 12.0. The van der Waals surface area contributed by atoms with Crippen molar-refractivity contribution in [3.8, 4) is 46.5 Å². The standard InChI is InChI=1S/C53H27N7O2/c54-28-30-14-20-45-39(24-30)41-26-32(16-22-47(41)61-45)51-56-52(33-17-23-48-42(27-33)40-25-31(29-55)15-21-46(40)62-48)58-53(57-51)60-44-13-7-5-11-36(44)38-19-18-37-35-10-4-6-12-43(35)59(49(37)50(38)60)34-8-2-1-3-9-34/h1-27H. The smallest absolute Gasteiger partial charge is 0.238 e. The van der Waals surface area contributed by atoms with Crippen molar-refractivity contribution in [1.82, 2.24) is 24.1 Å². The highest BCUT2D eigenvalue weighted by atomic mass is 16.3. The molecule has 13 aromatic rings. The molecule has 0 aliphatic carbocycles. The molecular formula is C53H27N7O2. The molecule has 13 rings (SSSR count). The molecule has 9 heteroatoms. The van der Waals surface area contributed by atoms with Gasteiger partial charge >= 0.3 is 0 Å². The van der Waals surface area contributed by atoms with Crippen LogP contribution in [0, 0.1) is 22.7 Å². The lowest BCUT2D eigenvalue weighted by molar-refractivity contribution is 0.668. The van der Waals surface area contributed by atoms with Crippen LogP contribution in [0.2, 0.25) is 0 Å². The van der Waals surface area contributed by atoms with Crippen LogP contribution in [0.1, 0.15) is 11.1 Å². The summed E-state index contributed by atoms with van der Waals surface area (Å²) in [6, 6.07) is 59.1. The molecule has 8 aromatic carbocycles. The Morgan fingerprint density at radius 1 is 0.387 bits per heavy atom. The number of hydrogen-bond donors (Lipinski definition) is 0. The van der Waals surface area contributed by atoms with Crippen LogP contribution in [-0.4, -0.2) is 24.1 Å². The molecule has 0 aliphatic rings. The van der Waals surface area contributed by atoms with Crippen molar-refractivity contribution in [1.29, 1.82) is 10.5 Å². The number of nitriles is 2. The molecule has 0 fully saturated rings. The van der Waals surface area contributed by atoms with Crippen molar-refractivity contribution >= 4 is 87.5 Å². The highest BCUT2D eigenvalue weighted by Gasteiger charge is 2.24. The zero-order valence-electron chi connectivity index (χ0n) is 32.5. The second-order valence-electron chi connectivity index (χ2n) is 15.5. The van der Waals surface area contributed by atoms with Crippen molar-refractivity contribution in [3.05, 3.63) is 175 Å². The molecule has 5 aromatic heterocycles. The molecule has 0 unspecified atom stereocenters. The first-order valence-electron chi connectivity index (χ1n) is 20.1. The minimum absolute atomic E-state index is 0.446. The third-order valence-electron chi connectivity index (χ3n) is 12.0. The molecule has 5 heterocycles. The fourth-order valence-electron chi connectivity index (χ4n) is 9.25. The second-order valence-corrected chi connectivity index (χ2v) is 15.5. The van der Waals surface area contributed by atoms with Crippen LogP contribution in [0.3, 0.4) is 0 Å². The number of hydrogen-bond acceptors (Lipinski definition) is 7. The summed E-state index contributed by atoms with van der Waals surface area (Å²) in [5.41, 5.74) is 10.5. The summed E-state index contributed by atoms with van der Waals surface area (Å²) in [5.74, 6) is 1.37. The van der Waals surface area contributed by atoms with E-state index in [1.54, 1.807) is 12.1 Å². The van der Waals surface area contributed by atoms with Crippen molar-refractivity contribution in [2.24, 2.45) is 0 Å². The van der Waals surface area contributed by atoms with Crippen LogP contribution in [0.25, 0.3) is 122 Å². The molecular weight excluding hydrogens is 767 g/mol. The van der Waals surface area contributed by atoms with Gasteiger partial charge in [0.1, 0.15) is 22.3 Å². The van der Waals surface area contributed by atoms with Crippen molar-refractivity contribution in [2.75, 3.05) is 0 Å². The number of nitrogens with zero attached hydrogens (tertiary/aromatic N) is 7. The zero-order chi connectivity index (χ0) is 41.1. The van der Waals surface area contributed by atoms with Gasteiger partial charge in [-0.1, -0.05) is 66.7 Å². The van der Waals surface area contributed by atoms with Crippen LogP contribution >= 0.6 is 0 Å². The van der Waals surface area contributed by atoms with Gasteiger partial charge < -0.3 is 13.4 Å². The number of rotatable bonds is 4. The Hall–Kier alpha value is -9.05. The Labute approximate surface area is 351 Å². The highest BCUT2D eigenvalue weighted by molar-refractivity contribution is 6.23. The van der Waals surface area contributed by atoms with E-state index in [2.05, 4.69) is 100 Å². The molecule has 286 valence electrons. The lowest BCUT2D eigenvalue weighted by Gasteiger charge is -2.13. The van der Waals surface area contributed by atoms with Gasteiger partial charge in [0, 0.05) is 59.9 Å². The second kappa shape index (κ2) is 12.7. The van der Waals surface area contributed by atoms with Gasteiger partial charge in [-0.05, 0) is 97.1 Å². The molecule has 0 radical (unpaired) electrons. The molecule has 0 saturated heterocycles. The van der Waals surface area contributed by atoms with E-state index in [-0.39, 0.29) is 0 Å². The van der Waals surface area contributed by atoms with Gasteiger partial charge in [0.05, 0.1) is 45.3 Å². The largest absolute Gasteiger partial charge is 0.456 e. The van der Waals surface area contributed by atoms with Gasteiger partial charge in [-0.25, -0.2) is 4.98 Å². The summed E-state index contributed by atoms with van der Waals surface area (Å²) in [6.45, 7) is 0. The first-order valence-corrected chi connectivity index (χ1v) is 20.1. The van der Waals surface area contributed by atoms with Crippen LogP contribution in [0.4, 0.5) is 0 Å². The van der Waals surface area contributed by atoms with Gasteiger partial charge in [-0.15, -0.1) is 0 Å². The molecule has 0 saturated carbocycles. The Morgan fingerprint density at radius 2 is 0.839 bits per heavy atom. The minimum atomic E-state index is 0.446. The van der Waals surface area contributed by atoms with Gasteiger partial charge in [0.2, 0.25) is 5.95 Å². The molecule has 0 atom stereocenters. The van der Waals surface area contributed by atoms with Crippen LogP contribution in [0.15, 0.2) is 173 Å². The molecule has 0 N–H and O–H groups in total. The Kier molecular flexibility index (Phi) is 6.95. The Morgan fingerprint density at radius 3 is 1.37 bits per heavy atom. The lowest BCUT2D eigenvalue weighted by Crippen LogP contribution is -2.07. The van der Waals surface area contributed by atoms with Gasteiger partial charge in [0.15, 0.2) is 11.6 Å². The molecule has 0 bridgehead atoms. The quantitative estimate of drug-likeness (QED) is 0.174. The summed E-state index contributed by atoms with van der Waals surface area (Å²) in [5, 5.41) is 27.2. The number of para-hydroxylation sites is 3. The maximum atomic E-state index is 9.74. The lowest BCUT2D eigenvalue weighted by atomic mass is 10.1. The molecule has 9 nitrogen and oxygen atoms in total. The highest BCUT2D eigenvalue weighted by Crippen LogP contribution is 2.42. The summed E-state index contributed by atoms with van der Waals surface area (Å²) in [4.78, 5) is 15.9. The molecule has 62 heavy (non-hydrogen) atoms. The van der Waals surface area contributed by atoms with E-state index in [4.69, 9.17) is 23.8 Å². The zero-order valence-corrected chi connectivity index (χ0v) is 32.5. The van der Waals surface area contributed by atoms with E-state index >= 15 is 0 Å². The first-order chi connectivity index (χ1) is 30.6. The van der Waals surface area contributed by atoms with Crippen LogP contribution < -0.4 is 0 Å². The first kappa shape index (κ1) is 33.9. The Bertz CT molecular complexity index is 3990. The van der Waals surface area contributed by atoms with Gasteiger partial charge in [0.25, 0.3) is 0 Å². The maximum absolute atomic E-state index is 9.74. The van der Waals surface area contributed by atoms with Gasteiger partial charge in [-0.2, -0.15) is 20.5 Å². The Balaban J connectivity index is 1.15. The normalized spacial score (nSPS) is 11.8. The molecule has 0 spiro atoms. The van der Waals surface area contributed by atoms with E-state index in [1.807, 2.05) is 72.8 Å². The summed E-state index contributed by atoms with van der Waals surface area (Å²) < 4.78 is 16.9. The fourth-order valence-corrected chi connectivity index (χ4v) is 9.25. The van der Waals surface area contributed by atoms with Crippen molar-refractivity contribution in [3.63, 3.8) is 0 Å². The molecule has 0 amide bonds. The van der Waals surface area contributed by atoms with E-state index < -0.39 is 0 Å². The number of fused-ring (bicyclic) bond motifs is 13. The number of benzene rings is 8. The maximum Gasteiger partial charge on any atom is 0.238 e. The van der Waals surface area contributed by atoms with Crippen molar-refractivity contribution < 1.29 is 8.83 Å². The summed E-state index contributed by atoms with van der Waals surface area (Å²) in [7, 11) is 0. The minimum Gasteiger partial charge on any atom is -0.456 e. The SMILES string of the molecule is N#Cc1ccc2oc3ccc(-c4nc(-c5ccc6oc7ccc(C#N)cc7c6c5)nc(-n5c6ccccc6c6ccc7c8ccccc8n(-c8ccccc8)c7c65)n4)cc3c2c1. The molecule has 0 aliphatic heterocycles. The van der Waals surface area contributed by atoms with E-state index in [0.29, 0.717) is 51.1 Å². The summed E-state index contributed by atoms with van der Waals surface area (Å²) >= 11 is 0. The van der Waals surface area contributed by atoms with Crippen LogP contribution in [0.5, 0.6) is 0 Å².